The van der Waals surface area contributed by atoms with E-state index >= 15 is 0 Å². The molecule has 0 aliphatic carbocycles. The molecular formula is C12H18Cl6O10P2. The Morgan fingerprint density at radius 3 is 1.07 bits per heavy atom. The van der Waals surface area contributed by atoms with E-state index in [0.29, 0.717) is 0 Å². The summed E-state index contributed by atoms with van der Waals surface area (Å²) in [6, 6.07) is 0. The normalized spacial score (nSPS) is 15.4. The summed E-state index contributed by atoms with van der Waals surface area (Å²) in [5.74, 6) is -6.15. The van der Waals surface area contributed by atoms with Crippen LogP contribution in [0.15, 0.2) is 0 Å². The molecule has 0 aliphatic rings. The number of halogens is 6. The summed E-state index contributed by atoms with van der Waals surface area (Å²) in [7, 11) is -4.39. The van der Waals surface area contributed by atoms with Crippen LogP contribution < -0.4 is 0 Å². The Labute approximate surface area is 203 Å². The van der Waals surface area contributed by atoms with Crippen molar-refractivity contribution in [3.8, 4) is 0 Å². The zero-order chi connectivity index (χ0) is 24.0. The summed E-state index contributed by atoms with van der Waals surface area (Å²) < 4.78 is 48.5. The van der Waals surface area contributed by atoms with Gasteiger partial charge in [0.1, 0.15) is 0 Å². The van der Waals surface area contributed by atoms with Crippen molar-refractivity contribution in [3.63, 3.8) is 0 Å². The largest absolute Gasteiger partial charge is 0.445 e. The van der Waals surface area contributed by atoms with Crippen molar-refractivity contribution in [3.05, 3.63) is 0 Å². The fourth-order valence-electron chi connectivity index (χ4n) is 1.72. The minimum absolute atomic E-state index is 0.652. The first-order chi connectivity index (χ1) is 13.5. The first-order valence-corrected chi connectivity index (χ1v) is 12.9. The van der Waals surface area contributed by atoms with E-state index < -0.39 is 59.2 Å². The molecular weight excluding hydrogens is 579 g/mol. The molecule has 178 valence electrons. The van der Waals surface area contributed by atoms with Gasteiger partial charge in [0.25, 0.3) is 0 Å². The molecule has 0 N–H and O–H groups in total. The van der Waals surface area contributed by atoms with E-state index in [4.69, 9.17) is 79.1 Å². The van der Waals surface area contributed by atoms with Crippen LogP contribution in [0.4, 0.5) is 0 Å². The average Bonchev–Trinajstić information content (AvgIpc) is 2.65. The van der Waals surface area contributed by atoms with Crippen LogP contribution in [0.2, 0.25) is 0 Å². The third-order valence-corrected chi connectivity index (χ3v) is 9.44. The van der Waals surface area contributed by atoms with Crippen molar-refractivity contribution >= 4 is 96.7 Å². The molecule has 0 spiro atoms. The standard InChI is InChI=1S/C12H18Cl6O10P2/c1-23-29(21,24-2)9(11(13,14)15)27-7(19)5-6-8(20)28-10(12(16,17)18)30(22,25-3)26-4/h9-10H,5-6H2,1-4H3. The molecule has 0 aliphatic heterocycles. The van der Waals surface area contributed by atoms with Gasteiger partial charge >= 0.3 is 27.1 Å². The van der Waals surface area contributed by atoms with Gasteiger partial charge in [-0.05, 0) is 0 Å². The average molecular weight is 597 g/mol. The molecule has 2 atom stereocenters. The van der Waals surface area contributed by atoms with Crippen LogP contribution >= 0.6 is 84.8 Å². The lowest BCUT2D eigenvalue weighted by Crippen LogP contribution is -2.33. The van der Waals surface area contributed by atoms with Crippen LogP contribution in [0.3, 0.4) is 0 Å². The van der Waals surface area contributed by atoms with Crippen LogP contribution in [0.1, 0.15) is 12.8 Å². The summed E-state index contributed by atoms with van der Waals surface area (Å²) in [5.41, 5.74) is 0. The molecule has 0 bridgehead atoms. The van der Waals surface area contributed by atoms with Crippen LogP contribution in [0.25, 0.3) is 0 Å². The van der Waals surface area contributed by atoms with Gasteiger partial charge in [0.2, 0.25) is 19.3 Å². The summed E-state index contributed by atoms with van der Waals surface area (Å²) in [4.78, 5) is 24.1. The van der Waals surface area contributed by atoms with Crippen molar-refractivity contribution in [2.24, 2.45) is 0 Å². The van der Waals surface area contributed by atoms with E-state index in [1.165, 1.54) is 0 Å². The summed E-state index contributed by atoms with van der Waals surface area (Å²) in [6.07, 6.45) is -1.30. The minimum Gasteiger partial charge on any atom is -0.445 e. The first-order valence-electron chi connectivity index (χ1n) is 7.45. The molecule has 0 radical (unpaired) electrons. The maximum absolute atomic E-state index is 12.4. The molecule has 10 nitrogen and oxygen atoms in total. The van der Waals surface area contributed by atoms with Gasteiger partial charge in [-0.3, -0.25) is 18.7 Å². The summed E-state index contributed by atoms with van der Waals surface area (Å²) >= 11 is 34.1. The van der Waals surface area contributed by atoms with Crippen molar-refractivity contribution in [2.75, 3.05) is 28.4 Å². The van der Waals surface area contributed by atoms with E-state index in [-0.39, 0.29) is 0 Å². The summed E-state index contributed by atoms with van der Waals surface area (Å²) in [6.45, 7) is 0. The second-order valence-electron chi connectivity index (χ2n) is 5.08. The quantitative estimate of drug-likeness (QED) is 0.178. The molecule has 18 heteroatoms. The molecule has 0 aromatic carbocycles. The first kappa shape index (κ1) is 31.0. The molecule has 0 saturated carbocycles. The Bertz CT molecular complexity index is 620. The Morgan fingerprint density at radius 1 is 0.667 bits per heavy atom. The lowest BCUT2D eigenvalue weighted by atomic mass is 10.3. The molecule has 0 rings (SSSR count). The second-order valence-corrected chi connectivity index (χ2v) is 14.4. The van der Waals surface area contributed by atoms with E-state index in [9.17, 15) is 18.7 Å². The lowest BCUT2D eigenvalue weighted by molar-refractivity contribution is -0.153. The topological polar surface area (TPSA) is 124 Å². The number of hydrogen-bond donors (Lipinski definition) is 0. The molecule has 0 amide bonds. The van der Waals surface area contributed by atoms with Gasteiger partial charge in [-0.2, -0.15) is 0 Å². The molecule has 30 heavy (non-hydrogen) atoms. The van der Waals surface area contributed by atoms with Crippen molar-refractivity contribution in [1.82, 2.24) is 0 Å². The Kier molecular flexibility index (Phi) is 12.9. The Hall–Kier alpha value is 0.980. The van der Waals surface area contributed by atoms with Crippen LogP contribution in [-0.2, 0) is 46.3 Å². The monoisotopic (exact) mass is 594 g/mol. The second kappa shape index (κ2) is 12.4. The highest BCUT2D eigenvalue weighted by molar-refractivity contribution is 7.55. The predicted molar refractivity (Wildman–Crippen MR) is 113 cm³/mol. The number of carbonyl (C=O) groups excluding carboxylic acids is 2. The molecule has 0 saturated heterocycles. The van der Waals surface area contributed by atoms with Gasteiger partial charge in [-0.15, -0.1) is 0 Å². The smallest absolute Gasteiger partial charge is 0.374 e. The highest BCUT2D eigenvalue weighted by Gasteiger charge is 2.52. The number of hydrogen-bond acceptors (Lipinski definition) is 10. The molecule has 0 aromatic rings. The van der Waals surface area contributed by atoms with E-state index in [1.807, 2.05) is 0 Å². The van der Waals surface area contributed by atoms with Crippen molar-refractivity contribution in [1.29, 1.82) is 0 Å². The van der Waals surface area contributed by atoms with Crippen molar-refractivity contribution in [2.45, 2.75) is 32.1 Å². The van der Waals surface area contributed by atoms with E-state index in [0.717, 1.165) is 28.4 Å². The van der Waals surface area contributed by atoms with Crippen LogP contribution in [0.5, 0.6) is 0 Å². The fourth-order valence-corrected chi connectivity index (χ4v) is 6.42. The third kappa shape index (κ3) is 9.08. The zero-order valence-electron chi connectivity index (χ0n) is 15.8. The van der Waals surface area contributed by atoms with E-state index in [2.05, 4.69) is 18.1 Å². The number of ether oxygens (including phenoxy) is 2. The lowest BCUT2D eigenvalue weighted by Gasteiger charge is -2.29. The Balaban J connectivity index is 5.23. The summed E-state index contributed by atoms with van der Waals surface area (Å²) in [5, 5.41) is 0. The maximum atomic E-state index is 12.4. The maximum Gasteiger partial charge on any atom is 0.374 e. The fraction of sp³-hybridized carbons (Fsp3) is 0.833. The predicted octanol–water partition coefficient (Wildman–Crippen LogP) is 5.22. The number of carbonyl (C=O) groups is 2. The number of alkyl halides is 6. The highest BCUT2D eigenvalue weighted by Crippen LogP contribution is 2.60. The van der Waals surface area contributed by atoms with Crippen LogP contribution in [-0.4, -0.2) is 59.7 Å². The SMILES string of the molecule is COP(=O)(OC)C(OC(=O)CCC(=O)OC(C(Cl)(Cl)Cl)P(=O)(OC)OC)C(Cl)(Cl)Cl. The van der Waals surface area contributed by atoms with Gasteiger partial charge in [0.15, 0.2) is 0 Å². The van der Waals surface area contributed by atoms with E-state index in [1.54, 1.807) is 0 Å². The van der Waals surface area contributed by atoms with Gasteiger partial charge in [-0.1, -0.05) is 69.6 Å². The zero-order valence-corrected chi connectivity index (χ0v) is 22.1. The number of esters is 2. The molecule has 2 unspecified atom stereocenters. The third-order valence-electron chi connectivity index (χ3n) is 3.17. The molecule has 0 heterocycles. The van der Waals surface area contributed by atoms with Crippen molar-refractivity contribution < 1.29 is 46.3 Å². The molecule has 0 aromatic heterocycles. The van der Waals surface area contributed by atoms with Crippen LogP contribution in [0, 0.1) is 0 Å². The van der Waals surface area contributed by atoms with Gasteiger partial charge in [0.05, 0.1) is 12.8 Å². The van der Waals surface area contributed by atoms with Gasteiger partial charge < -0.3 is 27.6 Å². The molecule has 0 fully saturated rings. The van der Waals surface area contributed by atoms with Gasteiger partial charge in [0, 0.05) is 28.4 Å². The number of rotatable bonds is 11. The minimum atomic E-state index is -4.17. The highest BCUT2D eigenvalue weighted by atomic mass is 35.6. The van der Waals surface area contributed by atoms with Gasteiger partial charge in [-0.25, -0.2) is 0 Å². The Morgan fingerprint density at radius 2 is 0.900 bits per heavy atom.